The Hall–Kier alpha value is 0.300. The monoisotopic (exact) mass is 256 g/mol. The summed E-state index contributed by atoms with van der Waals surface area (Å²) < 4.78 is 29.5. The lowest BCUT2D eigenvalue weighted by Crippen LogP contribution is -2.28. The highest BCUT2D eigenvalue weighted by molar-refractivity contribution is 9.09. The zero-order chi connectivity index (χ0) is 9.90. The van der Waals surface area contributed by atoms with E-state index in [1.165, 1.54) is 0 Å². The van der Waals surface area contributed by atoms with Crippen LogP contribution >= 0.6 is 15.9 Å². The van der Waals surface area contributed by atoms with Crippen LogP contribution in [-0.4, -0.2) is 11.1 Å². The molecule has 0 spiro atoms. The third-order valence-corrected chi connectivity index (χ3v) is 2.80. The Balaban J connectivity index is 2.34. The molecule has 78 valence electrons. The van der Waals surface area contributed by atoms with Crippen molar-refractivity contribution in [2.75, 3.05) is 0 Å². The van der Waals surface area contributed by atoms with Gasteiger partial charge in [0.2, 0.25) is 0 Å². The molecule has 0 aromatic heterocycles. The Morgan fingerprint density at radius 2 is 2.15 bits per heavy atom. The van der Waals surface area contributed by atoms with Gasteiger partial charge in [-0.05, 0) is 18.8 Å². The van der Waals surface area contributed by atoms with E-state index in [1.54, 1.807) is 0 Å². The van der Waals surface area contributed by atoms with E-state index >= 15 is 0 Å². The van der Waals surface area contributed by atoms with Gasteiger partial charge in [-0.3, -0.25) is 0 Å². The molecular formula is C9H15BrF2O. The lowest BCUT2D eigenvalue weighted by Gasteiger charge is -2.29. The summed E-state index contributed by atoms with van der Waals surface area (Å²) in [5.74, 6) is 0.564. The number of hydrogen-bond donors (Lipinski definition) is 0. The molecule has 0 heterocycles. The van der Waals surface area contributed by atoms with Gasteiger partial charge in [-0.25, -0.2) is 0 Å². The van der Waals surface area contributed by atoms with E-state index in [4.69, 9.17) is 0 Å². The van der Waals surface area contributed by atoms with E-state index < -0.39 is 5.02 Å². The number of alkyl halides is 3. The van der Waals surface area contributed by atoms with E-state index in [0.717, 1.165) is 32.1 Å². The van der Waals surface area contributed by atoms with Gasteiger partial charge in [0.05, 0.1) is 6.10 Å². The molecule has 2 unspecified atom stereocenters. The SMILES string of the molecule is CCC1CCCC(OC(F)(F)Br)C1. The molecule has 0 radical (unpaired) electrons. The third-order valence-electron chi connectivity index (χ3n) is 2.61. The molecule has 1 rings (SSSR count). The zero-order valence-corrected chi connectivity index (χ0v) is 9.32. The number of hydrogen-bond acceptors (Lipinski definition) is 1. The summed E-state index contributed by atoms with van der Waals surface area (Å²) >= 11 is 2.20. The number of ether oxygens (including phenoxy) is 1. The summed E-state index contributed by atoms with van der Waals surface area (Å²) in [7, 11) is 0. The van der Waals surface area contributed by atoms with E-state index in [2.05, 4.69) is 27.6 Å². The normalized spacial score (nSPS) is 30.5. The zero-order valence-electron chi connectivity index (χ0n) is 7.73. The van der Waals surface area contributed by atoms with Crippen LogP contribution in [0.25, 0.3) is 0 Å². The summed E-state index contributed by atoms with van der Waals surface area (Å²) in [5.41, 5.74) is 0. The van der Waals surface area contributed by atoms with Crippen molar-refractivity contribution < 1.29 is 13.5 Å². The van der Waals surface area contributed by atoms with Crippen LogP contribution in [0.5, 0.6) is 0 Å². The van der Waals surface area contributed by atoms with Gasteiger partial charge in [-0.2, -0.15) is 8.78 Å². The molecule has 0 bridgehead atoms. The first kappa shape index (κ1) is 11.4. The summed E-state index contributed by atoms with van der Waals surface area (Å²) in [6, 6.07) is 0. The highest BCUT2D eigenvalue weighted by Crippen LogP contribution is 2.34. The van der Waals surface area contributed by atoms with Crippen molar-refractivity contribution in [3.63, 3.8) is 0 Å². The molecule has 2 atom stereocenters. The van der Waals surface area contributed by atoms with Gasteiger partial charge >= 0.3 is 5.02 Å². The molecule has 13 heavy (non-hydrogen) atoms. The van der Waals surface area contributed by atoms with Crippen LogP contribution in [0.3, 0.4) is 0 Å². The molecule has 1 fully saturated rings. The second-order valence-electron chi connectivity index (χ2n) is 3.63. The molecule has 4 heteroatoms. The fourth-order valence-corrected chi connectivity index (χ4v) is 2.17. The van der Waals surface area contributed by atoms with Gasteiger partial charge in [-0.1, -0.05) is 26.2 Å². The van der Waals surface area contributed by atoms with E-state index in [1.807, 2.05) is 0 Å². The van der Waals surface area contributed by atoms with E-state index in [0.29, 0.717) is 5.92 Å². The molecular weight excluding hydrogens is 242 g/mol. The largest absolute Gasteiger partial charge is 0.414 e. The molecule has 1 aliphatic rings. The molecule has 0 saturated heterocycles. The Labute approximate surface area is 86.0 Å². The van der Waals surface area contributed by atoms with Crippen molar-refractivity contribution in [3.8, 4) is 0 Å². The maximum absolute atomic E-state index is 12.4. The van der Waals surface area contributed by atoms with Gasteiger partial charge in [0.1, 0.15) is 0 Å². The predicted octanol–water partition coefficient (Wildman–Crippen LogP) is 3.92. The molecule has 0 aromatic rings. The molecule has 1 aliphatic carbocycles. The van der Waals surface area contributed by atoms with Gasteiger partial charge < -0.3 is 4.74 Å². The Kier molecular flexibility index (Phi) is 4.10. The third kappa shape index (κ3) is 4.36. The van der Waals surface area contributed by atoms with E-state index in [9.17, 15) is 8.78 Å². The topological polar surface area (TPSA) is 9.23 Å². The fraction of sp³-hybridized carbons (Fsp3) is 1.00. The van der Waals surface area contributed by atoms with Crippen LogP contribution in [-0.2, 0) is 4.74 Å². The van der Waals surface area contributed by atoms with Crippen LogP contribution in [0.1, 0.15) is 39.0 Å². The maximum Gasteiger partial charge on any atom is 0.414 e. The Bertz CT molecular complexity index is 158. The minimum absolute atomic E-state index is 0.270. The summed E-state index contributed by atoms with van der Waals surface area (Å²) in [4.78, 5) is 0. The molecule has 0 N–H and O–H groups in total. The van der Waals surface area contributed by atoms with Crippen molar-refractivity contribution in [3.05, 3.63) is 0 Å². The predicted molar refractivity (Wildman–Crippen MR) is 51.0 cm³/mol. The molecule has 0 aromatic carbocycles. The second kappa shape index (κ2) is 4.69. The van der Waals surface area contributed by atoms with Crippen molar-refractivity contribution in [2.24, 2.45) is 5.92 Å². The van der Waals surface area contributed by atoms with Crippen LogP contribution < -0.4 is 0 Å². The number of halogens is 3. The quantitative estimate of drug-likeness (QED) is 0.696. The molecule has 1 saturated carbocycles. The molecule has 0 aliphatic heterocycles. The first-order chi connectivity index (χ1) is 6.01. The van der Waals surface area contributed by atoms with Crippen molar-refractivity contribution in [1.82, 2.24) is 0 Å². The smallest absolute Gasteiger partial charge is 0.308 e. The van der Waals surface area contributed by atoms with Crippen LogP contribution in [0, 0.1) is 5.92 Å². The lowest BCUT2D eigenvalue weighted by molar-refractivity contribution is -0.196. The molecule has 1 nitrogen and oxygen atoms in total. The van der Waals surface area contributed by atoms with Crippen molar-refractivity contribution in [1.29, 1.82) is 0 Å². The summed E-state index contributed by atoms with van der Waals surface area (Å²) in [5, 5.41) is -3.15. The van der Waals surface area contributed by atoms with Crippen LogP contribution in [0.15, 0.2) is 0 Å². The average Bonchev–Trinajstić information content (AvgIpc) is 2.01. The number of rotatable bonds is 3. The van der Waals surface area contributed by atoms with Gasteiger partial charge in [0, 0.05) is 15.9 Å². The van der Waals surface area contributed by atoms with Crippen LogP contribution in [0.2, 0.25) is 0 Å². The first-order valence-electron chi connectivity index (χ1n) is 4.76. The summed E-state index contributed by atoms with van der Waals surface area (Å²) in [6.45, 7) is 2.10. The minimum Gasteiger partial charge on any atom is -0.308 e. The minimum atomic E-state index is -3.15. The van der Waals surface area contributed by atoms with Crippen LogP contribution in [0.4, 0.5) is 8.78 Å². The highest BCUT2D eigenvalue weighted by atomic mass is 79.9. The van der Waals surface area contributed by atoms with Crippen molar-refractivity contribution in [2.45, 2.75) is 50.1 Å². The average molecular weight is 257 g/mol. The highest BCUT2D eigenvalue weighted by Gasteiger charge is 2.32. The molecule has 0 amide bonds. The standard InChI is InChI=1S/C9H15BrF2O/c1-2-7-4-3-5-8(6-7)13-9(10,11)12/h7-8H,2-6H2,1H3. The van der Waals surface area contributed by atoms with E-state index in [-0.39, 0.29) is 6.10 Å². The Morgan fingerprint density at radius 1 is 1.46 bits per heavy atom. The van der Waals surface area contributed by atoms with Gasteiger partial charge in [0.15, 0.2) is 0 Å². The second-order valence-corrected chi connectivity index (χ2v) is 4.55. The summed E-state index contributed by atoms with van der Waals surface area (Å²) in [6.07, 6.45) is 4.49. The first-order valence-corrected chi connectivity index (χ1v) is 5.55. The van der Waals surface area contributed by atoms with Gasteiger partial charge in [-0.15, -0.1) is 0 Å². The van der Waals surface area contributed by atoms with Gasteiger partial charge in [0.25, 0.3) is 0 Å². The lowest BCUT2D eigenvalue weighted by atomic mass is 9.86. The fourth-order valence-electron chi connectivity index (χ4n) is 1.91. The Morgan fingerprint density at radius 3 is 2.69 bits per heavy atom. The van der Waals surface area contributed by atoms with Crippen molar-refractivity contribution >= 4 is 15.9 Å². The maximum atomic E-state index is 12.4.